The minimum Gasteiger partial charge on any atom is -0.322 e. The molecule has 7 heteroatoms. The fourth-order valence-electron chi connectivity index (χ4n) is 2.95. The average Bonchev–Trinajstić information content (AvgIpc) is 2.91. The first-order valence-electron chi connectivity index (χ1n) is 8.51. The second kappa shape index (κ2) is 7.41. The summed E-state index contributed by atoms with van der Waals surface area (Å²) in [5.74, 6) is -0.183. The molecule has 1 N–H and O–H groups in total. The molecule has 138 valence electrons. The third-order valence-corrected chi connectivity index (χ3v) is 4.47. The van der Waals surface area contributed by atoms with Crippen LogP contribution in [0.4, 0.5) is 11.4 Å². The van der Waals surface area contributed by atoms with E-state index in [9.17, 15) is 14.9 Å². The second-order valence-electron chi connectivity index (χ2n) is 6.40. The molecule has 0 fully saturated rings. The van der Waals surface area contributed by atoms with Gasteiger partial charge in [0, 0.05) is 11.3 Å². The molecule has 0 aliphatic heterocycles. The highest BCUT2D eigenvalue weighted by Crippen LogP contribution is 2.22. The van der Waals surface area contributed by atoms with Gasteiger partial charge in [0.05, 0.1) is 11.5 Å². The number of aryl methyl sites for hydroxylation is 2. The fraction of sp³-hybridized carbons (Fsp3) is 0.200. The van der Waals surface area contributed by atoms with Crippen LogP contribution in [-0.2, 0) is 6.54 Å². The predicted molar refractivity (Wildman–Crippen MR) is 103 cm³/mol. The van der Waals surface area contributed by atoms with Crippen LogP contribution in [-0.4, -0.2) is 20.6 Å². The molecule has 1 aromatic heterocycles. The van der Waals surface area contributed by atoms with Gasteiger partial charge in [0.15, 0.2) is 0 Å². The zero-order chi connectivity index (χ0) is 19.6. The quantitative estimate of drug-likeness (QED) is 0.547. The summed E-state index contributed by atoms with van der Waals surface area (Å²) >= 11 is 0. The Morgan fingerprint density at radius 2 is 1.78 bits per heavy atom. The maximum atomic E-state index is 12.4. The first-order valence-corrected chi connectivity index (χ1v) is 8.51. The average molecular weight is 364 g/mol. The third kappa shape index (κ3) is 3.87. The van der Waals surface area contributed by atoms with Gasteiger partial charge in [-0.25, -0.2) is 0 Å². The molecule has 0 aliphatic rings. The molecule has 2 aromatic carbocycles. The minimum absolute atomic E-state index is 0.0456. The lowest BCUT2D eigenvalue weighted by atomic mass is 10.1. The Morgan fingerprint density at radius 1 is 1.11 bits per heavy atom. The van der Waals surface area contributed by atoms with Crippen LogP contribution in [0.2, 0.25) is 0 Å². The molecule has 0 saturated heterocycles. The molecule has 0 atom stereocenters. The number of hydrogen-bond acceptors (Lipinski definition) is 4. The van der Waals surface area contributed by atoms with Gasteiger partial charge in [0.1, 0.15) is 11.4 Å². The van der Waals surface area contributed by atoms with E-state index < -0.39 is 4.92 Å². The maximum absolute atomic E-state index is 12.4. The Hall–Kier alpha value is -3.48. The summed E-state index contributed by atoms with van der Waals surface area (Å²) in [5, 5.41) is 18.3. The molecule has 1 amide bonds. The number of carbonyl (C=O) groups is 1. The summed E-state index contributed by atoms with van der Waals surface area (Å²) in [7, 11) is 0. The van der Waals surface area contributed by atoms with Gasteiger partial charge >= 0.3 is 5.69 Å². The predicted octanol–water partition coefficient (Wildman–Crippen LogP) is 4.02. The topological polar surface area (TPSA) is 90.1 Å². The monoisotopic (exact) mass is 364 g/mol. The zero-order valence-electron chi connectivity index (χ0n) is 15.4. The number of benzene rings is 2. The highest BCUT2D eigenvalue weighted by Gasteiger charge is 2.21. The molecule has 0 unspecified atom stereocenters. The Morgan fingerprint density at radius 3 is 2.37 bits per heavy atom. The highest BCUT2D eigenvalue weighted by atomic mass is 16.6. The van der Waals surface area contributed by atoms with Gasteiger partial charge in [-0.05, 0) is 50.1 Å². The number of anilines is 1. The van der Waals surface area contributed by atoms with Crippen molar-refractivity contribution in [3.05, 3.63) is 86.7 Å². The van der Waals surface area contributed by atoms with Crippen molar-refractivity contribution >= 4 is 17.3 Å². The fourth-order valence-corrected chi connectivity index (χ4v) is 2.95. The van der Waals surface area contributed by atoms with Gasteiger partial charge in [0.2, 0.25) is 0 Å². The summed E-state index contributed by atoms with van der Waals surface area (Å²) in [6, 6.07) is 14.7. The summed E-state index contributed by atoms with van der Waals surface area (Å²) < 4.78 is 1.61. The van der Waals surface area contributed by atoms with Crippen molar-refractivity contribution in [2.75, 3.05) is 5.32 Å². The van der Waals surface area contributed by atoms with Crippen LogP contribution in [0.3, 0.4) is 0 Å². The molecule has 1 heterocycles. The van der Waals surface area contributed by atoms with Gasteiger partial charge in [0.25, 0.3) is 5.91 Å². The van der Waals surface area contributed by atoms with E-state index in [0.29, 0.717) is 23.5 Å². The van der Waals surface area contributed by atoms with Gasteiger partial charge in [-0.3, -0.25) is 19.6 Å². The van der Waals surface area contributed by atoms with Crippen molar-refractivity contribution in [2.45, 2.75) is 27.3 Å². The number of aromatic nitrogens is 2. The molecule has 3 aromatic rings. The summed E-state index contributed by atoms with van der Waals surface area (Å²) in [6.45, 7) is 5.65. The molecule has 3 rings (SSSR count). The van der Waals surface area contributed by atoms with Crippen molar-refractivity contribution in [3.8, 4) is 0 Å². The summed E-state index contributed by atoms with van der Waals surface area (Å²) in [4.78, 5) is 23.1. The molecule has 27 heavy (non-hydrogen) atoms. The summed E-state index contributed by atoms with van der Waals surface area (Å²) in [5.41, 5.74) is 4.18. The number of rotatable bonds is 5. The van der Waals surface area contributed by atoms with Crippen LogP contribution in [0.1, 0.15) is 32.9 Å². The van der Waals surface area contributed by atoms with E-state index in [1.54, 1.807) is 30.7 Å². The van der Waals surface area contributed by atoms with Crippen LogP contribution in [0.5, 0.6) is 0 Å². The number of carbonyl (C=O) groups excluding carboxylic acids is 1. The molecule has 0 spiro atoms. The van der Waals surface area contributed by atoms with E-state index in [4.69, 9.17) is 0 Å². The maximum Gasteiger partial charge on any atom is 0.312 e. The lowest BCUT2D eigenvalue weighted by Gasteiger charge is -2.09. The molecule has 7 nitrogen and oxygen atoms in total. The molecule has 0 radical (unpaired) electrons. The molecular weight excluding hydrogens is 344 g/mol. The Kier molecular flexibility index (Phi) is 5.03. The van der Waals surface area contributed by atoms with Crippen molar-refractivity contribution in [3.63, 3.8) is 0 Å². The van der Waals surface area contributed by atoms with Crippen LogP contribution in [0.15, 0.2) is 48.5 Å². The van der Waals surface area contributed by atoms with E-state index in [2.05, 4.69) is 10.4 Å². The number of amides is 1. The first kappa shape index (κ1) is 18.3. The minimum atomic E-state index is -0.410. The highest BCUT2D eigenvalue weighted by molar-refractivity contribution is 6.04. The van der Waals surface area contributed by atoms with Crippen molar-refractivity contribution in [2.24, 2.45) is 0 Å². The van der Waals surface area contributed by atoms with Crippen molar-refractivity contribution in [1.29, 1.82) is 0 Å². The van der Waals surface area contributed by atoms with Crippen molar-refractivity contribution in [1.82, 2.24) is 9.78 Å². The normalized spacial score (nSPS) is 10.6. The number of nitrogens with zero attached hydrogens (tertiary/aromatic N) is 3. The smallest absolute Gasteiger partial charge is 0.312 e. The largest absolute Gasteiger partial charge is 0.322 e. The van der Waals surface area contributed by atoms with Gasteiger partial charge < -0.3 is 5.32 Å². The Bertz CT molecular complexity index is 1010. The van der Waals surface area contributed by atoms with Crippen LogP contribution in [0.25, 0.3) is 0 Å². The van der Waals surface area contributed by atoms with E-state index >= 15 is 0 Å². The Labute approximate surface area is 156 Å². The number of para-hydroxylation sites is 1. The standard InChI is InChI=1S/C20H20N4O3/c1-13-6-4-5-7-18(13)21-20(25)17-10-8-16(9-11-17)12-23-15(3)19(24(26)27)14(2)22-23/h4-11H,12H2,1-3H3,(H,21,25). The number of hydrogen-bond donors (Lipinski definition) is 1. The first-order chi connectivity index (χ1) is 12.9. The lowest BCUT2D eigenvalue weighted by Crippen LogP contribution is -2.13. The number of nitro groups is 1. The van der Waals surface area contributed by atoms with Crippen LogP contribution >= 0.6 is 0 Å². The SMILES string of the molecule is Cc1ccccc1NC(=O)c1ccc(Cn2nc(C)c([N+](=O)[O-])c2C)cc1. The Balaban J connectivity index is 1.74. The van der Waals surface area contributed by atoms with Crippen LogP contribution < -0.4 is 5.32 Å². The van der Waals surface area contributed by atoms with Gasteiger partial charge in [-0.15, -0.1) is 0 Å². The zero-order valence-corrected chi connectivity index (χ0v) is 15.4. The van der Waals surface area contributed by atoms with E-state index in [-0.39, 0.29) is 11.6 Å². The van der Waals surface area contributed by atoms with Gasteiger partial charge in [-0.2, -0.15) is 5.10 Å². The lowest BCUT2D eigenvalue weighted by molar-refractivity contribution is -0.386. The van der Waals surface area contributed by atoms with E-state index in [1.165, 1.54) is 0 Å². The van der Waals surface area contributed by atoms with Gasteiger partial charge in [-0.1, -0.05) is 30.3 Å². The molecule has 0 saturated carbocycles. The summed E-state index contributed by atoms with van der Waals surface area (Å²) in [6.07, 6.45) is 0. The molecule has 0 aliphatic carbocycles. The van der Waals surface area contributed by atoms with E-state index in [1.807, 2.05) is 43.3 Å². The molecular formula is C20H20N4O3. The van der Waals surface area contributed by atoms with Crippen LogP contribution in [0, 0.1) is 30.9 Å². The van der Waals surface area contributed by atoms with E-state index in [0.717, 1.165) is 16.8 Å². The second-order valence-corrected chi connectivity index (χ2v) is 6.40. The van der Waals surface area contributed by atoms with Crippen molar-refractivity contribution < 1.29 is 9.72 Å². The third-order valence-electron chi connectivity index (χ3n) is 4.47. The number of nitrogens with one attached hydrogen (secondary N) is 1. The molecule has 0 bridgehead atoms.